The van der Waals surface area contributed by atoms with Crippen LogP contribution in [0.25, 0.3) is 0 Å². The molecule has 23 heavy (non-hydrogen) atoms. The van der Waals surface area contributed by atoms with E-state index in [2.05, 4.69) is 16.0 Å². The molecule has 0 saturated carbocycles. The third-order valence-corrected chi connectivity index (χ3v) is 4.19. The molecule has 2 heterocycles. The van der Waals surface area contributed by atoms with Gasteiger partial charge in [-0.05, 0) is 48.6 Å². The number of nitriles is 1. The van der Waals surface area contributed by atoms with E-state index < -0.39 is 5.97 Å². The summed E-state index contributed by atoms with van der Waals surface area (Å²) in [7, 11) is 0. The van der Waals surface area contributed by atoms with Crippen molar-refractivity contribution >= 4 is 11.8 Å². The van der Waals surface area contributed by atoms with Crippen LogP contribution in [0.3, 0.4) is 0 Å². The molecule has 0 spiro atoms. The molecule has 1 fully saturated rings. The first-order chi connectivity index (χ1) is 11.2. The Morgan fingerprint density at radius 1 is 1.39 bits per heavy atom. The summed E-state index contributed by atoms with van der Waals surface area (Å²) < 4.78 is 0. The molecule has 1 aromatic heterocycles. The number of anilines is 1. The van der Waals surface area contributed by atoms with Crippen LogP contribution in [0.2, 0.25) is 0 Å². The van der Waals surface area contributed by atoms with Crippen molar-refractivity contribution in [3.05, 3.63) is 59.3 Å². The number of carbonyl (C=O) groups is 1. The van der Waals surface area contributed by atoms with Gasteiger partial charge in [-0.15, -0.1) is 0 Å². The highest BCUT2D eigenvalue weighted by atomic mass is 16.4. The monoisotopic (exact) mass is 307 g/mol. The van der Waals surface area contributed by atoms with Gasteiger partial charge in [-0.1, -0.05) is 12.1 Å². The van der Waals surface area contributed by atoms with Crippen LogP contribution < -0.4 is 4.90 Å². The van der Waals surface area contributed by atoms with Gasteiger partial charge in [0.25, 0.3) is 0 Å². The van der Waals surface area contributed by atoms with Crippen LogP contribution in [0, 0.1) is 17.2 Å². The zero-order valence-corrected chi connectivity index (χ0v) is 12.6. The third kappa shape index (κ3) is 3.32. The van der Waals surface area contributed by atoms with Crippen molar-refractivity contribution in [1.82, 2.24) is 4.98 Å². The van der Waals surface area contributed by atoms with Crippen LogP contribution in [-0.2, 0) is 6.42 Å². The van der Waals surface area contributed by atoms with Crippen molar-refractivity contribution in [3.8, 4) is 6.07 Å². The molecule has 3 rings (SSSR count). The first-order valence-electron chi connectivity index (χ1n) is 7.59. The molecule has 1 atom stereocenters. The summed E-state index contributed by atoms with van der Waals surface area (Å²) in [6, 6.07) is 12.9. The van der Waals surface area contributed by atoms with Gasteiger partial charge in [0.2, 0.25) is 0 Å². The lowest BCUT2D eigenvalue weighted by Crippen LogP contribution is -2.22. The number of rotatable bonds is 4. The van der Waals surface area contributed by atoms with E-state index in [0.29, 0.717) is 17.0 Å². The summed E-state index contributed by atoms with van der Waals surface area (Å²) in [5, 5.41) is 18.3. The van der Waals surface area contributed by atoms with Crippen LogP contribution in [0.15, 0.2) is 42.6 Å². The second-order valence-corrected chi connectivity index (χ2v) is 5.80. The molecule has 1 N–H and O–H groups in total. The zero-order chi connectivity index (χ0) is 16.2. The van der Waals surface area contributed by atoms with Crippen LogP contribution in [0.1, 0.15) is 27.9 Å². The van der Waals surface area contributed by atoms with E-state index in [9.17, 15) is 10.1 Å². The maximum Gasteiger partial charge on any atom is 0.335 e. The molecular weight excluding hydrogens is 290 g/mol. The van der Waals surface area contributed by atoms with Gasteiger partial charge in [-0.25, -0.2) is 9.78 Å². The molecule has 5 heteroatoms. The van der Waals surface area contributed by atoms with Crippen molar-refractivity contribution in [2.75, 3.05) is 18.0 Å². The normalized spacial score (nSPS) is 17.0. The smallest absolute Gasteiger partial charge is 0.335 e. The predicted molar refractivity (Wildman–Crippen MR) is 86.4 cm³/mol. The van der Waals surface area contributed by atoms with Gasteiger partial charge in [-0.2, -0.15) is 5.26 Å². The van der Waals surface area contributed by atoms with Crippen molar-refractivity contribution in [1.29, 1.82) is 5.26 Å². The molecular formula is C18H17N3O2. The average Bonchev–Trinajstić information content (AvgIpc) is 3.03. The highest BCUT2D eigenvalue weighted by Gasteiger charge is 2.25. The third-order valence-electron chi connectivity index (χ3n) is 4.19. The largest absolute Gasteiger partial charge is 0.478 e. The zero-order valence-electron chi connectivity index (χ0n) is 12.6. The average molecular weight is 307 g/mol. The van der Waals surface area contributed by atoms with Crippen molar-refractivity contribution in [2.45, 2.75) is 12.8 Å². The minimum Gasteiger partial charge on any atom is -0.478 e. The van der Waals surface area contributed by atoms with Gasteiger partial charge in [0.15, 0.2) is 0 Å². The van der Waals surface area contributed by atoms with Crippen LogP contribution in [-0.4, -0.2) is 29.1 Å². The number of aromatic carboxylic acids is 1. The van der Waals surface area contributed by atoms with E-state index in [-0.39, 0.29) is 0 Å². The summed E-state index contributed by atoms with van der Waals surface area (Å²) in [6.07, 6.45) is 3.56. The second kappa shape index (κ2) is 6.49. The fraction of sp³-hybridized carbons (Fsp3) is 0.278. The molecule has 116 valence electrons. The van der Waals surface area contributed by atoms with Gasteiger partial charge >= 0.3 is 5.97 Å². The molecule has 1 saturated heterocycles. The first kappa shape index (κ1) is 15.0. The Kier molecular flexibility index (Phi) is 4.24. The molecule has 1 aliphatic heterocycles. The molecule has 2 aromatic rings. The number of carboxylic acid groups (broad SMARTS) is 1. The minimum atomic E-state index is -0.896. The summed E-state index contributed by atoms with van der Waals surface area (Å²) in [6.45, 7) is 1.71. The van der Waals surface area contributed by atoms with E-state index in [1.54, 1.807) is 36.5 Å². The first-order valence-corrected chi connectivity index (χ1v) is 7.59. The number of hydrogen-bond acceptors (Lipinski definition) is 4. The molecule has 0 amide bonds. The predicted octanol–water partition coefficient (Wildman–Crippen LogP) is 2.72. The fourth-order valence-electron chi connectivity index (χ4n) is 3.09. The van der Waals surface area contributed by atoms with Crippen LogP contribution >= 0.6 is 0 Å². The molecule has 0 unspecified atom stereocenters. The minimum absolute atomic E-state index is 0.328. The SMILES string of the molecule is N#Cc1cccnc1N1CC[C@@H](Cc2cccc(C(=O)O)c2)C1. The topological polar surface area (TPSA) is 77.2 Å². The van der Waals surface area contributed by atoms with Gasteiger partial charge in [-0.3, -0.25) is 0 Å². The summed E-state index contributed by atoms with van der Waals surface area (Å²) in [4.78, 5) is 17.5. The molecule has 0 aliphatic carbocycles. The maximum atomic E-state index is 11.1. The Bertz CT molecular complexity index is 767. The standard InChI is InChI=1S/C18H17N3O2/c19-11-16-5-2-7-20-17(16)21-8-6-14(12-21)9-13-3-1-4-15(10-13)18(22)23/h1-5,7,10,14H,6,8-9,12H2,(H,22,23)/t14-/m0/s1. The second-order valence-electron chi connectivity index (χ2n) is 5.80. The number of pyridine rings is 1. The van der Waals surface area contributed by atoms with Crippen molar-refractivity contribution < 1.29 is 9.90 Å². The number of benzene rings is 1. The van der Waals surface area contributed by atoms with E-state index in [4.69, 9.17) is 5.11 Å². The quantitative estimate of drug-likeness (QED) is 0.939. The van der Waals surface area contributed by atoms with Crippen LogP contribution in [0.5, 0.6) is 0 Å². The number of aromatic nitrogens is 1. The van der Waals surface area contributed by atoms with E-state index >= 15 is 0 Å². The number of nitrogens with zero attached hydrogens (tertiary/aromatic N) is 3. The molecule has 0 bridgehead atoms. The molecule has 0 radical (unpaired) electrons. The highest BCUT2D eigenvalue weighted by molar-refractivity contribution is 5.87. The van der Waals surface area contributed by atoms with E-state index in [1.807, 2.05) is 6.07 Å². The Morgan fingerprint density at radius 2 is 2.26 bits per heavy atom. The highest BCUT2D eigenvalue weighted by Crippen LogP contribution is 2.27. The lowest BCUT2D eigenvalue weighted by molar-refractivity contribution is 0.0696. The Balaban J connectivity index is 1.70. The number of carboxylic acids is 1. The van der Waals surface area contributed by atoms with E-state index in [1.165, 1.54) is 0 Å². The fourth-order valence-corrected chi connectivity index (χ4v) is 3.09. The van der Waals surface area contributed by atoms with Crippen molar-refractivity contribution in [3.63, 3.8) is 0 Å². The Labute approximate surface area is 134 Å². The lowest BCUT2D eigenvalue weighted by Gasteiger charge is -2.18. The number of hydrogen-bond donors (Lipinski definition) is 1. The van der Waals surface area contributed by atoms with Gasteiger partial charge < -0.3 is 10.0 Å². The maximum absolute atomic E-state index is 11.1. The Hall–Kier alpha value is -2.87. The summed E-state index contributed by atoms with van der Waals surface area (Å²) in [5.41, 5.74) is 1.97. The van der Waals surface area contributed by atoms with Crippen molar-refractivity contribution in [2.24, 2.45) is 5.92 Å². The molecule has 1 aromatic carbocycles. The van der Waals surface area contributed by atoms with Gasteiger partial charge in [0.1, 0.15) is 11.9 Å². The molecule has 1 aliphatic rings. The van der Waals surface area contributed by atoms with Gasteiger partial charge in [0, 0.05) is 19.3 Å². The van der Waals surface area contributed by atoms with E-state index in [0.717, 1.165) is 37.3 Å². The lowest BCUT2D eigenvalue weighted by atomic mass is 9.97. The summed E-state index contributed by atoms with van der Waals surface area (Å²) in [5.74, 6) is 0.288. The van der Waals surface area contributed by atoms with Gasteiger partial charge in [0.05, 0.1) is 11.1 Å². The molecule has 5 nitrogen and oxygen atoms in total. The summed E-state index contributed by atoms with van der Waals surface area (Å²) >= 11 is 0. The Morgan fingerprint density at radius 3 is 3.04 bits per heavy atom. The van der Waals surface area contributed by atoms with Crippen LogP contribution in [0.4, 0.5) is 5.82 Å².